The van der Waals surface area contributed by atoms with Crippen molar-refractivity contribution < 1.29 is 14.6 Å². The molecule has 0 radical (unpaired) electrons. The maximum Gasteiger partial charge on any atom is 0.407 e. The van der Waals surface area contributed by atoms with E-state index in [4.69, 9.17) is 4.74 Å². The molecule has 21 heavy (non-hydrogen) atoms. The van der Waals surface area contributed by atoms with Crippen molar-refractivity contribution in [3.05, 3.63) is 35.9 Å². The Morgan fingerprint density at radius 2 is 1.90 bits per heavy atom. The van der Waals surface area contributed by atoms with Crippen molar-refractivity contribution in [2.75, 3.05) is 19.6 Å². The van der Waals surface area contributed by atoms with Crippen LogP contribution in [0.5, 0.6) is 0 Å². The SMILES string of the molecule is CC(C)(C)OC(=O)NCCCNCC(O)c1ccccc1. The largest absolute Gasteiger partial charge is 0.444 e. The van der Waals surface area contributed by atoms with Crippen LogP contribution >= 0.6 is 0 Å². The number of aliphatic hydroxyl groups excluding tert-OH is 1. The minimum absolute atomic E-state index is 0.396. The van der Waals surface area contributed by atoms with Gasteiger partial charge >= 0.3 is 6.09 Å². The molecule has 0 aliphatic carbocycles. The molecule has 1 rings (SSSR count). The first-order chi connectivity index (χ1) is 9.88. The minimum atomic E-state index is -0.509. The fraction of sp³-hybridized carbons (Fsp3) is 0.562. The van der Waals surface area contributed by atoms with Gasteiger partial charge in [-0.3, -0.25) is 0 Å². The summed E-state index contributed by atoms with van der Waals surface area (Å²) < 4.78 is 5.13. The maximum atomic E-state index is 11.4. The minimum Gasteiger partial charge on any atom is -0.444 e. The monoisotopic (exact) mass is 294 g/mol. The highest BCUT2D eigenvalue weighted by molar-refractivity contribution is 5.67. The van der Waals surface area contributed by atoms with Crippen LogP contribution in [0.1, 0.15) is 38.9 Å². The van der Waals surface area contributed by atoms with Gasteiger partial charge in [-0.1, -0.05) is 30.3 Å². The first-order valence-corrected chi connectivity index (χ1v) is 7.29. The second-order valence-corrected chi connectivity index (χ2v) is 5.91. The molecule has 0 aliphatic heterocycles. The number of aliphatic hydroxyl groups is 1. The molecule has 0 spiro atoms. The van der Waals surface area contributed by atoms with Gasteiger partial charge in [-0.15, -0.1) is 0 Å². The van der Waals surface area contributed by atoms with Crippen LogP contribution < -0.4 is 10.6 Å². The highest BCUT2D eigenvalue weighted by Crippen LogP contribution is 2.10. The molecular formula is C16H26N2O3. The van der Waals surface area contributed by atoms with Gasteiger partial charge in [0.2, 0.25) is 0 Å². The van der Waals surface area contributed by atoms with E-state index in [0.717, 1.165) is 18.5 Å². The normalized spacial score (nSPS) is 12.8. The molecule has 0 bridgehead atoms. The second kappa shape index (κ2) is 8.64. The smallest absolute Gasteiger partial charge is 0.407 e. The van der Waals surface area contributed by atoms with Crippen LogP contribution in [0.15, 0.2) is 30.3 Å². The molecule has 0 aliphatic rings. The van der Waals surface area contributed by atoms with Crippen LogP contribution in [0.4, 0.5) is 4.79 Å². The van der Waals surface area contributed by atoms with Crippen molar-refractivity contribution in [3.8, 4) is 0 Å². The van der Waals surface area contributed by atoms with Crippen LogP contribution in [0.25, 0.3) is 0 Å². The van der Waals surface area contributed by atoms with Crippen LogP contribution in [0, 0.1) is 0 Å². The van der Waals surface area contributed by atoms with Crippen LogP contribution in [0.2, 0.25) is 0 Å². The Kier molecular flexibility index (Phi) is 7.19. The Bertz CT molecular complexity index is 415. The molecule has 0 fully saturated rings. The van der Waals surface area contributed by atoms with Gasteiger partial charge in [-0.05, 0) is 39.3 Å². The van der Waals surface area contributed by atoms with E-state index in [1.54, 1.807) is 0 Å². The third kappa shape index (κ3) is 8.32. The number of hydrogen-bond acceptors (Lipinski definition) is 4. The van der Waals surface area contributed by atoms with Gasteiger partial charge in [0.25, 0.3) is 0 Å². The molecule has 1 amide bonds. The molecule has 118 valence electrons. The number of ether oxygens (including phenoxy) is 1. The van der Waals surface area contributed by atoms with Crippen molar-refractivity contribution in [1.82, 2.24) is 10.6 Å². The summed E-state index contributed by atoms with van der Waals surface area (Å²) in [4.78, 5) is 11.4. The predicted molar refractivity (Wildman–Crippen MR) is 83.1 cm³/mol. The van der Waals surface area contributed by atoms with E-state index < -0.39 is 17.8 Å². The summed E-state index contributed by atoms with van der Waals surface area (Å²) >= 11 is 0. The predicted octanol–water partition coefficient (Wildman–Crippen LogP) is 2.22. The average Bonchev–Trinajstić information content (AvgIpc) is 2.41. The van der Waals surface area contributed by atoms with Crippen LogP contribution in [-0.2, 0) is 4.74 Å². The highest BCUT2D eigenvalue weighted by Gasteiger charge is 2.15. The third-order valence-corrected chi connectivity index (χ3v) is 2.72. The zero-order valence-electron chi connectivity index (χ0n) is 13.1. The van der Waals surface area contributed by atoms with Gasteiger partial charge in [-0.25, -0.2) is 4.79 Å². The Hall–Kier alpha value is -1.59. The molecule has 1 atom stereocenters. The quantitative estimate of drug-likeness (QED) is 0.674. The number of carbonyl (C=O) groups excluding carboxylic acids is 1. The van der Waals surface area contributed by atoms with Crippen molar-refractivity contribution in [3.63, 3.8) is 0 Å². The molecule has 1 aromatic carbocycles. The Labute approximate surface area is 126 Å². The average molecular weight is 294 g/mol. The lowest BCUT2D eigenvalue weighted by molar-refractivity contribution is 0.0527. The van der Waals surface area contributed by atoms with Crippen molar-refractivity contribution >= 4 is 6.09 Å². The summed E-state index contributed by atoms with van der Waals surface area (Å²) in [5.41, 5.74) is 0.430. The summed E-state index contributed by atoms with van der Waals surface area (Å²) in [6.45, 7) is 7.26. The molecule has 1 aromatic rings. The number of alkyl carbamates (subject to hydrolysis) is 1. The summed E-state index contributed by atoms with van der Waals surface area (Å²) in [6.07, 6.45) is -0.127. The molecule has 0 aromatic heterocycles. The van der Waals surface area contributed by atoms with Gasteiger partial charge < -0.3 is 20.5 Å². The van der Waals surface area contributed by atoms with Crippen LogP contribution in [-0.4, -0.2) is 36.4 Å². The summed E-state index contributed by atoms with van der Waals surface area (Å²) in [7, 11) is 0. The summed E-state index contributed by atoms with van der Waals surface area (Å²) in [5.74, 6) is 0. The lowest BCUT2D eigenvalue weighted by atomic mass is 10.1. The van der Waals surface area contributed by atoms with Gasteiger partial charge in [0, 0.05) is 13.1 Å². The lowest BCUT2D eigenvalue weighted by Gasteiger charge is -2.19. The Morgan fingerprint density at radius 1 is 1.24 bits per heavy atom. The van der Waals surface area contributed by atoms with E-state index in [0.29, 0.717) is 13.1 Å². The van der Waals surface area contributed by atoms with E-state index >= 15 is 0 Å². The summed E-state index contributed by atoms with van der Waals surface area (Å²) in [5, 5.41) is 15.8. The Balaban J connectivity index is 2.06. The van der Waals surface area contributed by atoms with Gasteiger partial charge in [0.1, 0.15) is 5.60 Å². The number of carbonyl (C=O) groups is 1. The highest BCUT2D eigenvalue weighted by atomic mass is 16.6. The third-order valence-electron chi connectivity index (χ3n) is 2.72. The number of hydrogen-bond donors (Lipinski definition) is 3. The zero-order valence-corrected chi connectivity index (χ0v) is 13.1. The van der Waals surface area contributed by atoms with Crippen molar-refractivity contribution in [2.45, 2.75) is 38.9 Å². The van der Waals surface area contributed by atoms with Gasteiger partial charge in [-0.2, -0.15) is 0 Å². The fourth-order valence-electron chi connectivity index (χ4n) is 1.75. The van der Waals surface area contributed by atoms with Crippen molar-refractivity contribution in [2.24, 2.45) is 0 Å². The Morgan fingerprint density at radius 3 is 2.52 bits per heavy atom. The van der Waals surface area contributed by atoms with E-state index in [9.17, 15) is 9.90 Å². The van der Waals surface area contributed by atoms with E-state index in [1.807, 2.05) is 51.1 Å². The number of rotatable bonds is 7. The van der Waals surface area contributed by atoms with E-state index in [-0.39, 0.29) is 0 Å². The molecule has 5 heteroatoms. The molecule has 1 unspecified atom stereocenters. The molecule has 0 heterocycles. The molecule has 0 saturated heterocycles. The van der Waals surface area contributed by atoms with Crippen molar-refractivity contribution in [1.29, 1.82) is 0 Å². The van der Waals surface area contributed by atoms with E-state index in [1.165, 1.54) is 0 Å². The van der Waals surface area contributed by atoms with E-state index in [2.05, 4.69) is 10.6 Å². The number of benzene rings is 1. The number of amides is 1. The first kappa shape index (κ1) is 17.5. The first-order valence-electron chi connectivity index (χ1n) is 7.29. The van der Waals surface area contributed by atoms with Crippen LogP contribution in [0.3, 0.4) is 0 Å². The molecular weight excluding hydrogens is 268 g/mol. The zero-order chi connectivity index (χ0) is 15.7. The molecule has 0 saturated carbocycles. The lowest BCUT2D eigenvalue weighted by Crippen LogP contribution is -2.34. The second-order valence-electron chi connectivity index (χ2n) is 5.91. The van der Waals surface area contributed by atoms with Gasteiger partial charge in [0.05, 0.1) is 6.10 Å². The topological polar surface area (TPSA) is 70.6 Å². The van der Waals surface area contributed by atoms with Gasteiger partial charge in [0.15, 0.2) is 0 Å². The fourth-order valence-corrected chi connectivity index (χ4v) is 1.75. The standard InChI is InChI=1S/C16H26N2O3/c1-16(2,3)21-15(20)18-11-7-10-17-12-14(19)13-8-5-4-6-9-13/h4-6,8-9,14,17,19H,7,10-12H2,1-3H3,(H,18,20). The number of nitrogens with one attached hydrogen (secondary N) is 2. The maximum absolute atomic E-state index is 11.4. The summed E-state index contributed by atoms with van der Waals surface area (Å²) in [6, 6.07) is 9.53. The molecule has 5 nitrogen and oxygen atoms in total. The molecule has 3 N–H and O–H groups in total.